The van der Waals surface area contributed by atoms with E-state index < -0.39 is 17.6 Å². The number of rotatable bonds is 5. The number of carbonyl (C=O) groups excluding carboxylic acids is 1. The first-order chi connectivity index (χ1) is 11.5. The number of amides is 1. The molecule has 1 aromatic carbocycles. The molecule has 1 aliphatic carbocycles. The number of likely N-dealkylation sites (N-methyl/N-ethyl adjacent to an activating group) is 1. The van der Waals surface area contributed by atoms with Gasteiger partial charge in [0.05, 0.1) is 31.8 Å². The Balaban J connectivity index is 1.68. The highest BCUT2D eigenvalue weighted by atomic mass is 16.5. The zero-order chi connectivity index (χ0) is 17.3. The van der Waals surface area contributed by atoms with E-state index in [0.29, 0.717) is 13.2 Å². The summed E-state index contributed by atoms with van der Waals surface area (Å²) in [4.78, 5) is 14.6. The lowest BCUT2D eigenvalue weighted by Gasteiger charge is -2.35. The summed E-state index contributed by atoms with van der Waals surface area (Å²) >= 11 is 0. The fourth-order valence-electron chi connectivity index (χ4n) is 3.47. The van der Waals surface area contributed by atoms with Gasteiger partial charge in [-0.25, -0.2) is 0 Å². The van der Waals surface area contributed by atoms with E-state index >= 15 is 0 Å². The Hall–Kier alpha value is -1.63. The summed E-state index contributed by atoms with van der Waals surface area (Å²) in [6, 6.07) is 7.63. The van der Waals surface area contributed by atoms with E-state index in [1.807, 2.05) is 24.3 Å². The normalized spacial score (nSPS) is 28.2. The third-order valence-corrected chi connectivity index (χ3v) is 5.15. The van der Waals surface area contributed by atoms with Gasteiger partial charge in [0.25, 0.3) is 0 Å². The van der Waals surface area contributed by atoms with E-state index in [0.717, 1.165) is 24.2 Å². The van der Waals surface area contributed by atoms with Crippen molar-refractivity contribution in [3.05, 3.63) is 29.8 Å². The van der Waals surface area contributed by atoms with Crippen LogP contribution in [0.25, 0.3) is 0 Å². The number of nitrogens with zero attached hydrogens (tertiary/aromatic N) is 1. The van der Waals surface area contributed by atoms with Crippen molar-refractivity contribution >= 4 is 5.91 Å². The molecule has 0 unspecified atom stereocenters. The summed E-state index contributed by atoms with van der Waals surface area (Å²) < 4.78 is 10.5. The van der Waals surface area contributed by atoms with Gasteiger partial charge in [0.15, 0.2) is 0 Å². The minimum Gasteiger partial charge on any atom is -0.497 e. The van der Waals surface area contributed by atoms with Crippen LogP contribution in [0.3, 0.4) is 0 Å². The van der Waals surface area contributed by atoms with Gasteiger partial charge in [0.2, 0.25) is 5.91 Å². The van der Waals surface area contributed by atoms with E-state index in [1.165, 1.54) is 0 Å². The summed E-state index contributed by atoms with van der Waals surface area (Å²) in [5.74, 6) is 0.557. The van der Waals surface area contributed by atoms with Crippen LogP contribution in [0.5, 0.6) is 5.75 Å². The average Bonchev–Trinajstić information content (AvgIpc) is 3.40. The quantitative estimate of drug-likeness (QED) is 0.822. The van der Waals surface area contributed by atoms with Crippen molar-refractivity contribution in [2.75, 3.05) is 33.9 Å². The monoisotopic (exact) mass is 335 g/mol. The summed E-state index contributed by atoms with van der Waals surface area (Å²) in [5, 5.41) is 19.8. The van der Waals surface area contributed by atoms with Gasteiger partial charge in [-0.1, -0.05) is 12.1 Å². The Bertz CT molecular complexity index is 584. The number of hydrogen-bond acceptors (Lipinski definition) is 5. The first-order valence-electron chi connectivity index (χ1n) is 8.32. The van der Waals surface area contributed by atoms with Crippen LogP contribution in [0.2, 0.25) is 0 Å². The van der Waals surface area contributed by atoms with Crippen LogP contribution in [-0.4, -0.2) is 67.1 Å². The van der Waals surface area contributed by atoms with E-state index in [-0.39, 0.29) is 18.4 Å². The fourth-order valence-corrected chi connectivity index (χ4v) is 3.47. The van der Waals surface area contributed by atoms with E-state index in [1.54, 1.807) is 19.1 Å². The molecular weight excluding hydrogens is 310 g/mol. The lowest BCUT2D eigenvalue weighted by atomic mass is 9.92. The maximum absolute atomic E-state index is 13.0. The Kier molecular flexibility index (Phi) is 4.80. The Morgan fingerprint density at radius 2 is 1.96 bits per heavy atom. The first kappa shape index (κ1) is 17.2. The molecule has 3 atom stereocenters. The molecule has 0 spiro atoms. The second-order valence-electron chi connectivity index (χ2n) is 6.85. The van der Waals surface area contributed by atoms with Gasteiger partial charge in [0.1, 0.15) is 11.9 Å². The van der Waals surface area contributed by atoms with E-state index in [9.17, 15) is 15.0 Å². The molecular formula is C18H25NO5. The molecule has 2 fully saturated rings. The number of aliphatic hydroxyl groups excluding tert-OH is 2. The molecule has 132 valence electrons. The smallest absolute Gasteiger partial charge is 0.232 e. The predicted molar refractivity (Wildman–Crippen MR) is 87.9 cm³/mol. The molecule has 1 aromatic rings. The predicted octanol–water partition coefficient (Wildman–Crippen LogP) is 0.553. The van der Waals surface area contributed by atoms with Crippen molar-refractivity contribution in [3.63, 3.8) is 0 Å². The number of hydrogen-bond donors (Lipinski definition) is 2. The second-order valence-corrected chi connectivity index (χ2v) is 6.85. The van der Waals surface area contributed by atoms with E-state index in [4.69, 9.17) is 9.47 Å². The number of methoxy groups -OCH3 is 1. The van der Waals surface area contributed by atoms with Crippen molar-refractivity contribution in [2.24, 2.45) is 5.92 Å². The molecule has 1 heterocycles. The van der Waals surface area contributed by atoms with Gasteiger partial charge in [-0.15, -0.1) is 0 Å². The summed E-state index contributed by atoms with van der Waals surface area (Å²) in [7, 11) is 3.37. The molecule has 2 N–H and O–H groups in total. The zero-order valence-corrected chi connectivity index (χ0v) is 14.1. The first-order valence-corrected chi connectivity index (χ1v) is 8.32. The van der Waals surface area contributed by atoms with Crippen LogP contribution in [0.15, 0.2) is 24.3 Å². The number of benzene rings is 1. The Morgan fingerprint density at radius 3 is 2.54 bits per heavy atom. The van der Waals surface area contributed by atoms with Gasteiger partial charge in [-0.05, 0) is 30.5 Å². The molecule has 6 heteroatoms. The van der Waals surface area contributed by atoms with Crippen molar-refractivity contribution in [1.82, 2.24) is 4.90 Å². The molecule has 1 saturated heterocycles. The average molecular weight is 335 g/mol. The van der Waals surface area contributed by atoms with Crippen LogP contribution >= 0.6 is 0 Å². The Morgan fingerprint density at radius 1 is 1.29 bits per heavy atom. The van der Waals surface area contributed by atoms with Crippen LogP contribution < -0.4 is 4.74 Å². The molecule has 0 bridgehead atoms. The summed E-state index contributed by atoms with van der Waals surface area (Å²) in [5.41, 5.74) is 0.542. The fraction of sp³-hybridized carbons (Fsp3) is 0.611. The molecule has 6 nitrogen and oxygen atoms in total. The lowest BCUT2D eigenvalue weighted by molar-refractivity contribution is -0.142. The van der Waals surface area contributed by atoms with Crippen LogP contribution in [0.4, 0.5) is 0 Å². The van der Waals surface area contributed by atoms with Gasteiger partial charge >= 0.3 is 0 Å². The highest BCUT2D eigenvalue weighted by molar-refractivity contribution is 5.91. The lowest BCUT2D eigenvalue weighted by Crippen LogP contribution is -2.50. The van der Waals surface area contributed by atoms with Gasteiger partial charge in [-0.3, -0.25) is 4.79 Å². The highest BCUT2D eigenvalue weighted by Gasteiger charge is 2.52. The third kappa shape index (κ3) is 3.14. The maximum Gasteiger partial charge on any atom is 0.232 e. The second kappa shape index (κ2) is 6.70. The topological polar surface area (TPSA) is 79.2 Å². The van der Waals surface area contributed by atoms with Crippen molar-refractivity contribution < 1.29 is 24.5 Å². The molecule has 3 rings (SSSR count). The minimum absolute atomic E-state index is 0.0555. The molecule has 0 radical (unpaired) electrons. The third-order valence-electron chi connectivity index (χ3n) is 5.15. The van der Waals surface area contributed by atoms with Gasteiger partial charge < -0.3 is 24.6 Å². The number of aliphatic hydroxyl groups is 2. The SMILES string of the molecule is COc1ccc(C2(C(=O)N(C)C[C@@H]3COC[C@@H](O)[C@H]3O)CC2)cc1. The molecule has 2 aliphatic rings. The standard InChI is InChI=1S/C18H25NO5/c1-19(9-12-10-24-11-15(20)16(12)21)17(22)18(7-8-18)13-3-5-14(23-2)6-4-13/h3-6,12,15-16,20-21H,7-11H2,1-2H3/t12-,15-,16+/m1/s1. The number of ether oxygens (including phenoxy) is 2. The van der Waals surface area contributed by atoms with Gasteiger partial charge in [-0.2, -0.15) is 0 Å². The molecule has 1 saturated carbocycles. The number of carbonyl (C=O) groups is 1. The molecule has 0 aromatic heterocycles. The molecule has 24 heavy (non-hydrogen) atoms. The van der Waals surface area contributed by atoms with E-state index in [2.05, 4.69) is 0 Å². The van der Waals surface area contributed by atoms with Crippen LogP contribution in [-0.2, 0) is 14.9 Å². The minimum atomic E-state index is -0.885. The molecule has 1 amide bonds. The van der Waals surface area contributed by atoms with Crippen molar-refractivity contribution in [2.45, 2.75) is 30.5 Å². The Labute approximate surface area is 142 Å². The van der Waals surface area contributed by atoms with Crippen molar-refractivity contribution in [3.8, 4) is 5.75 Å². The van der Waals surface area contributed by atoms with Crippen molar-refractivity contribution in [1.29, 1.82) is 0 Å². The maximum atomic E-state index is 13.0. The summed E-state index contributed by atoms with van der Waals surface area (Å²) in [6.07, 6.45) is -0.0853. The van der Waals surface area contributed by atoms with Gasteiger partial charge in [0, 0.05) is 19.5 Å². The summed E-state index contributed by atoms with van der Waals surface area (Å²) in [6.45, 7) is 0.867. The zero-order valence-electron chi connectivity index (χ0n) is 14.1. The highest BCUT2D eigenvalue weighted by Crippen LogP contribution is 2.49. The van der Waals surface area contributed by atoms with Crippen LogP contribution in [0, 0.1) is 5.92 Å². The van der Waals surface area contributed by atoms with Crippen LogP contribution in [0.1, 0.15) is 18.4 Å². The molecule has 1 aliphatic heterocycles. The largest absolute Gasteiger partial charge is 0.497 e.